The van der Waals surface area contributed by atoms with Gasteiger partial charge in [-0.2, -0.15) is 0 Å². The molecule has 1 aromatic carbocycles. The summed E-state index contributed by atoms with van der Waals surface area (Å²) in [4.78, 5) is 13.1. The number of benzene rings is 1. The monoisotopic (exact) mass is 235 g/mol. The van der Waals surface area contributed by atoms with Crippen LogP contribution in [0.4, 0.5) is 5.69 Å². The maximum Gasteiger partial charge on any atom is 0.326 e. The molecule has 3 nitrogen and oxygen atoms in total. The third-order valence-corrected chi connectivity index (χ3v) is 3.09. The van der Waals surface area contributed by atoms with E-state index >= 15 is 0 Å². The summed E-state index contributed by atoms with van der Waals surface area (Å²) in [7, 11) is 0. The predicted molar refractivity (Wildman–Crippen MR) is 70.8 cm³/mol. The second-order valence-corrected chi connectivity index (χ2v) is 4.55. The van der Waals surface area contributed by atoms with E-state index in [1.54, 1.807) is 6.92 Å². The molecule has 1 atom stereocenters. The van der Waals surface area contributed by atoms with Crippen LogP contribution in [-0.4, -0.2) is 23.7 Å². The van der Waals surface area contributed by atoms with Crippen LogP contribution in [0.25, 0.3) is 0 Å². The molecule has 0 aromatic heterocycles. The number of carbonyl (C=O) groups is 1. The van der Waals surface area contributed by atoms with Crippen LogP contribution in [0.1, 0.15) is 30.5 Å². The van der Waals surface area contributed by atoms with Gasteiger partial charge in [-0.3, -0.25) is 0 Å². The minimum atomic E-state index is -0.786. The molecule has 1 N–H and O–H groups in total. The summed E-state index contributed by atoms with van der Waals surface area (Å²) in [5.41, 5.74) is 4.53. The fourth-order valence-electron chi connectivity index (χ4n) is 2.38. The molecule has 0 aliphatic carbocycles. The molecule has 0 radical (unpaired) electrons. The third kappa shape index (κ3) is 2.78. The number of nitrogens with zero attached hydrogens (tertiary/aromatic N) is 1. The molecule has 0 heterocycles. The van der Waals surface area contributed by atoms with E-state index in [0.717, 1.165) is 16.8 Å². The highest BCUT2D eigenvalue weighted by Crippen LogP contribution is 2.27. The van der Waals surface area contributed by atoms with Crippen LogP contribution in [0.2, 0.25) is 0 Å². The number of carboxylic acids is 1. The molecule has 0 bridgehead atoms. The van der Waals surface area contributed by atoms with Gasteiger partial charge in [-0.1, -0.05) is 17.7 Å². The predicted octanol–water partition coefficient (Wildman–Crippen LogP) is 2.91. The van der Waals surface area contributed by atoms with Crippen molar-refractivity contribution in [1.82, 2.24) is 0 Å². The lowest BCUT2D eigenvalue weighted by atomic mass is 10.0. The van der Waals surface area contributed by atoms with Crippen molar-refractivity contribution < 1.29 is 9.90 Å². The smallest absolute Gasteiger partial charge is 0.326 e. The van der Waals surface area contributed by atoms with Crippen LogP contribution in [0.3, 0.4) is 0 Å². The molecule has 0 unspecified atom stereocenters. The zero-order valence-corrected chi connectivity index (χ0v) is 11.2. The largest absolute Gasteiger partial charge is 0.480 e. The Labute approximate surface area is 103 Å². The SMILES string of the molecule is CCN(c1c(C)cc(C)cc1C)[C@@H](C)C(=O)O. The first-order chi connectivity index (χ1) is 7.88. The molecule has 0 saturated carbocycles. The van der Waals surface area contributed by atoms with Gasteiger partial charge in [0.05, 0.1) is 0 Å². The zero-order valence-electron chi connectivity index (χ0n) is 11.2. The van der Waals surface area contributed by atoms with E-state index in [2.05, 4.69) is 19.1 Å². The van der Waals surface area contributed by atoms with Crippen molar-refractivity contribution in [3.8, 4) is 0 Å². The molecule has 1 aromatic rings. The van der Waals surface area contributed by atoms with Crippen LogP contribution >= 0.6 is 0 Å². The number of rotatable bonds is 4. The van der Waals surface area contributed by atoms with Crippen LogP contribution in [0.5, 0.6) is 0 Å². The lowest BCUT2D eigenvalue weighted by Gasteiger charge is -2.30. The van der Waals surface area contributed by atoms with Crippen LogP contribution < -0.4 is 4.90 Å². The van der Waals surface area contributed by atoms with Gasteiger partial charge < -0.3 is 10.0 Å². The fourth-order valence-corrected chi connectivity index (χ4v) is 2.38. The standard InChI is InChI=1S/C14H21NO2/c1-6-15(12(5)14(16)17)13-10(3)7-9(2)8-11(13)4/h7-8,12H,6H2,1-5H3,(H,16,17)/t12-/m0/s1. The highest BCUT2D eigenvalue weighted by atomic mass is 16.4. The Kier molecular flexibility index (Phi) is 4.16. The Hall–Kier alpha value is -1.51. The molecular formula is C14H21NO2. The summed E-state index contributed by atoms with van der Waals surface area (Å²) in [6, 6.07) is 3.69. The van der Waals surface area contributed by atoms with Crippen LogP contribution in [-0.2, 0) is 4.79 Å². The highest BCUT2D eigenvalue weighted by molar-refractivity contribution is 5.79. The lowest BCUT2D eigenvalue weighted by Crippen LogP contribution is -2.39. The average molecular weight is 235 g/mol. The van der Waals surface area contributed by atoms with Crippen molar-refractivity contribution in [2.45, 2.75) is 40.7 Å². The average Bonchev–Trinajstić information content (AvgIpc) is 2.21. The van der Waals surface area contributed by atoms with Crippen molar-refractivity contribution >= 4 is 11.7 Å². The Morgan fingerprint density at radius 1 is 1.29 bits per heavy atom. The van der Waals surface area contributed by atoms with Crippen molar-refractivity contribution in [2.24, 2.45) is 0 Å². The van der Waals surface area contributed by atoms with Gasteiger partial charge in [-0.15, -0.1) is 0 Å². The first-order valence-corrected chi connectivity index (χ1v) is 5.95. The van der Waals surface area contributed by atoms with E-state index in [1.165, 1.54) is 5.56 Å². The number of carboxylic acid groups (broad SMARTS) is 1. The Bertz CT molecular complexity index is 403. The lowest BCUT2D eigenvalue weighted by molar-refractivity contribution is -0.138. The summed E-state index contributed by atoms with van der Waals surface area (Å²) in [5, 5.41) is 9.14. The molecule has 0 aliphatic rings. The first-order valence-electron chi connectivity index (χ1n) is 5.95. The van der Waals surface area contributed by atoms with E-state index < -0.39 is 12.0 Å². The minimum Gasteiger partial charge on any atom is -0.480 e. The van der Waals surface area contributed by atoms with Crippen molar-refractivity contribution in [1.29, 1.82) is 0 Å². The summed E-state index contributed by atoms with van der Waals surface area (Å²) >= 11 is 0. The summed E-state index contributed by atoms with van der Waals surface area (Å²) in [6.07, 6.45) is 0. The minimum absolute atomic E-state index is 0.500. The maximum absolute atomic E-state index is 11.1. The van der Waals surface area contributed by atoms with Gasteiger partial charge in [0, 0.05) is 12.2 Å². The Morgan fingerprint density at radius 3 is 2.12 bits per heavy atom. The van der Waals surface area contributed by atoms with Gasteiger partial charge in [0.25, 0.3) is 0 Å². The Morgan fingerprint density at radius 2 is 1.76 bits per heavy atom. The second-order valence-electron chi connectivity index (χ2n) is 4.55. The normalized spacial score (nSPS) is 12.3. The highest BCUT2D eigenvalue weighted by Gasteiger charge is 2.22. The molecule has 94 valence electrons. The van der Waals surface area contributed by atoms with Gasteiger partial charge in [0.1, 0.15) is 6.04 Å². The number of anilines is 1. The number of likely N-dealkylation sites (N-methyl/N-ethyl adjacent to an activating group) is 1. The number of aryl methyl sites for hydroxylation is 3. The molecule has 0 amide bonds. The number of hydrogen-bond acceptors (Lipinski definition) is 2. The maximum atomic E-state index is 11.1. The first kappa shape index (κ1) is 13.6. The number of hydrogen-bond donors (Lipinski definition) is 1. The van der Waals surface area contributed by atoms with Gasteiger partial charge in [-0.25, -0.2) is 4.79 Å². The molecule has 3 heteroatoms. The molecule has 17 heavy (non-hydrogen) atoms. The molecular weight excluding hydrogens is 214 g/mol. The van der Waals surface area contributed by atoms with Crippen molar-refractivity contribution in [2.75, 3.05) is 11.4 Å². The van der Waals surface area contributed by atoms with E-state index in [-0.39, 0.29) is 0 Å². The second kappa shape index (κ2) is 5.21. The van der Waals surface area contributed by atoms with Gasteiger partial charge >= 0.3 is 5.97 Å². The summed E-state index contributed by atoms with van der Waals surface area (Å²) in [5.74, 6) is -0.786. The van der Waals surface area contributed by atoms with E-state index in [9.17, 15) is 4.79 Å². The molecule has 0 spiro atoms. The zero-order chi connectivity index (χ0) is 13.2. The summed E-state index contributed by atoms with van der Waals surface area (Å²) < 4.78 is 0. The van der Waals surface area contributed by atoms with E-state index in [0.29, 0.717) is 6.54 Å². The molecule has 0 fully saturated rings. The third-order valence-electron chi connectivity index (χ3n) is 3.09. The Balaban J connectivity index is 3.25. The molecule has 0 saturated heterocycles. The molecule has 1 rings (SSSR count). The molecule has 0 aliphatic heterocycles. The van der Waals surface area contributed by atoms with Crippen LogP contribution in [0.15, 0.2) is 12.1 Å². The van der Waals surface area contributed by atoms with Crippen molar-refractivity contribution in [3.05, 3.63) is 28.8 Å². The summed E-state index contributed by atoms with van der Waals surface area (Å²) in [6.45, 7) is 10.5. The van der Waals surface area contributed by atoms with Crippen molar-refractivity contribution in [3.63, 3.8) is 0 Å². The van der Waals surface area contributed by atoms with E-state index in [1.807, 2.05) is 25.7 Å². The quantitative estimate of drug-likeness (QED) is 0.872. The van der Waals surface area contributed by atoms with E-state index in [4.69, 9.17) is 5.11 Å². The van der Waals surface area contributed by atoms with Crippen LogP contribution in [0, 0.1) is 20.8 Å². The fraction of sp³-hybridized carbons (Fsp3) is 0.500. The van der Waals surface area contributed by atoms with Gasteiger partial charge in [0.15, 0.2) is 0 Å². The number of aliphatic carboxylic acids is 1. The topological polar surface area (TPSA) is 40.5 Å². The van der Waals surface area contributed by atoms with Gasteiger partial charge in [-0.05, 0) is 45.7 Å². The van der Waals surface area contributed by atoms with Gasteiger partial charge in [0.2, 0.25) is 0 Å².